The molecule has 1 aromatic rings. The topological polar surface area (TPSA) is 30.5 Å². The highest BCUT2D eigenvalue weighted by atomic mass is 16.5. The fraction of sp³-hybridized carbons (Fsp3) is 0.647. The second-order valence-corrected chi connectivity index (χ2v) is 5.57. The first-order valence-electron chi connectivity index (χ1n) is 7.78. The molecular formula is C17H27NO2. The van der Waals surface area contributed by atoms with Crippen LogP contribution in [0.4, 0.5) is 0 Å². The van der Waals surface area contributed by atoms with Gasteiger partial charge in [-0.2, -0.15) is 0 Å². The summed E-state index contributed by atoms with van der Waals surface area (Å²) in [6, 6.07) is 6.88. The van der Waals surface area contributed by atoms with E-state index in [1.807, 2.05) is 12.1 Å². The Morgan fingerprint density at radius 1 is 1.05 bits per heavy atom. The van der Waals surface area contributed by atoms with Gasteiger partial charge in [0.2, 0.25) is 0 Å². The van der Waals surface area contributed by atoms with Crippen molar-refractivity contribution in [3.05, 3.63) is 23.8 Å². The summed E-state index contributed by atoms with van der Waals surface area (Å²) in [5.41, 5.74) is 1.25. The van der Waals surface area contributed by atoms with Gasteiger partial charge in [0, 0.05) is 6.04 Å². The Bertz CT molecular complexity index is 402. The highest BCUT2D eigenvalue weighted by molar-refractivity contribution is 5.40. The van der Waals surface area contributed by atoms with Gasteiger partial charge < -0.3 is 14.8 Å². The van der Waals surface area contributed by atoms with Crippen molar-refractivity contribution >= 4 is 0 Å². The summed E-state index contributed by atoms with van der Waals surface area (Å²) in [6.07, 6.45) is 8.94. The van der Waals surface area contributed by atoms with Gasteiger partial charge in [0.25, 0.3) is 0 Å². The van der Waals surface area contributed by atoms with Gasteiger partial charge in [-0.1, -0.05) is 12.8 Å². The smallest absolute Gasteiger partial charge is 0.122 e. The lowest BCUT2D eigenvalue weighted by molar-refractivity contribution is 0.398. The highest BCUT2D eigenvalue weighted by Crippen LogP contribution is 2.25. The molecule has 20 heavy (non-hydrogen) atoms. The predicted octanol–water partition coefficient (Wildman–Crippen LogP) is 3.56. The lowest BCUT2D eigenvalue weighted by Crippen LogP contribution is -2.17. The molecule has 3 heteroatoms. The fourth-order valence-corrected chi connectivity index (χ4v) is 2.46. The van der Waals surface area contributed by atoms with Crippen molar-refractivity contribution in [2.75, 3.05) is 20.8 Å². The number of methoxy groups -OCH3 is 2. The van der Waals surface area contributed by atoms with Gasteiger partial charge in [-0.25, -0.2) is 0 Å². The molecule has 1 aliphatic carbocycles. The molecule has 3 nitrogen and oxygen atoms in total. The zero-order valence-corrected chi connectivity index (χ0v) is 12.8. The number of hydrogen-bond donors (Lipinski definition) is 1. The van der Waals surface area contributed by atoms with Crippen molar-refractivity contribution in [3.8, 4) is 11.5 Å². The Hall–Kier alpha value is -1.22. The molecule has 0 aliphatic heterocycles. The second kappa shape index (κ2) is 8.15. The first-order valence-corrected chi connectivity index (χ1v) is 7.78. The third kappa shape index (κ3) is 5.04. The molecule has 0 heterocycles. The quantitative estimate of drug-likeness (QED) is 0.663. The summed E-state index contributed by atoms with van der Waals surface area (Å²) in [5, 5.41) is 3.56. The lowest BCUT2D eigenvalue weighted by Gasteiger charge is -2.10. The van der Waals surface area contributed by atoms with Crippen LogP contribution in [0, 0.1) is 0 Å². The van der Waals surface area contributed by atoms with Crippen molar-refractivity contribution < 1.29 is 9.47 Å². The molecule has 0 radical (unpaired) electrons. The second-order valence-electron chi connectivity index (χ2n) is 5.57. The van der Waals surface area contributed by atoms with Crippen molar-refractivity contribution in [1.29, 1.82) is 0 Å². The van der Waals surface area contributed by atoms with E-state index >= 15 is 0 Å². The molecule has 0 saturated heterocycles. The van der Waals surface area contributed by atoms with Crippen LogP contribution in [0.15, 0.2) is 18.2 Å². The molecule has 0 unspecified atom stereocenters. The minimum absolute atomic E-state index is 0.844. The number of aryl methyl sites for hydroxylation is 1. The maximum atomic E-state index is 5.41. The number of nitrogens with one attached hydrogen (secondary N) is 1. The third-order valence-corrected chi connectivity index (χ3v) is 3.87. The molecule has 0 bridgehead atoms. The molecule has 1 N–H and O–H groups in total. The van der Waals surface area contributed by atoms with Crippen LogP contribution in [-0.4, -0.2) is 26.8 Å². The van der Waals surface area contributed by atoms with E-state index < -0.39 is 0 Å². The number of rotatable bonds is 10. The molecule has 112 valence electrons. The average Bonchev–Trinajstić information content (AvgIpc) is 3.30. The van der Waals surface area contributed by atoms with Crippen molar-refractivity contribution in [1.82, 2.24) is 5.32 Å². The summed E-state index contributed by atoms with van der Waals surface area (Å²) < 4.78 is 10.7. The van der Waals surface area contributed by atoms with Crippen molar-refractivity contribution in [2.45, 2.75) is 51.0 Å². The van der Waals surface area contributed by atoms with E-state index in [0.29, 0.717) is 0 Å². The predicted molar refractivity (Wildman–Crippen MR) is 82.7 cm³/mol. The van der Waals surface area contributed by atoms with Crippen LogP contribution in [-0.2, 0) is 6.42 Å². The van der Waals surface area contributed by atoms with Crippen LogP contribution in [0.3, 0.4) is 0 Å². The molecule has 0 atom stereocenters. The van der Waals surface area contributed by atoms with E-state index in [1.54, 1.807) is 14.2 Å². The molecule has 1 saturated carbocycles. The third-order valence-electron chi connectivity index (χ3n) is 3.87. The van der Waals surface area contributed by atoms with Gasteiger partial charge in [-0.3, -0.25) is 0 Å². The molecular weight excluding hydrogens is 250 g/mol. The largest absolute Gasteiger partial charge is 0.497 e. The Morgan fingerprint density at radius 3 is 2.55 bits per heavy atom. The number of hydrogen-bond acceptors (Lipinski definition) is 3. The minimum Gasteiger partial charge on any atom is -0.497 e. The summed E-state index contributed by atoms with van der Waals surface area (Å²) in [6.45, 7) is 1.19. The van der Waals surface area contributed by atoms with E-state index in [1.165, 1.54) is 50.6 Å². The van der Waals surface area contributed by atoms with Crippen LogP contribution in [0.25, 0.3) is 0 Å². The fourth-order valence-electron chi connectivity index (χ4n) is 2.46. The van der Waals surface area contributed by atoms with Gasteiger partial charge in [0.15, 0.2) is 0 Å². The van der Waals surface area contributed by atoms with Crippen molar-refractivity contribution in [2.24, 2.45) is 0 Å². The van der Waals surface area contributed by atoms with Gasteiger partial charge in [0.05, 0.1) is 14.2 Å². The average molecular weight is 277 g/mol. The maximum Gasteiger partial charge on any atom is 0.122 e. The first-order chi connectivity index (χ1) is 9.83. The maximum absolute atomic E-state index is 5.41. The van der Waals surface area contributed by atoms with Crippen molar-refractivity contribution in [3.63, 3.8) is 0 Å². The van der Waals surface area contributed by atoms with Gasteiger partial charge in [0.1, 0.15) is 11.5 Å². The van der Waals surface area contributed by atoms with E-state index in [2.05, 4.69) is 11.4 Å². The molecule has 0 spiro atoms. The van der Waals surface area contributed by atoms with Crippen LogP contribution < -0.4 is 14.8 Å². The number of ether oxygens (including phenoxy) is 2. The normalized spacial score (nSPS) is 14.3. The standard InChI is InChI=1S/C17H27NO2/c1-19-16-10-11-17(20-2)14(13-16)7-5-3-4-6-12-18-15-8-9-15/h10-11,13,15,18H,3-9,12H2,1-2H3. The molecule has 1 aromatic carbocycles. The summed E-state index contributed by atoms with van der Waals surface area (Å²) in [5.74, 6) is 1.88. The van der Waals surface area contributed by atoms with E-state index in [4.69, 9.17) is 9.47 Å². The molecule has 0 aromatic heterocycles. The Balaban J connectivity index is 1.64. The Labute approximate surface area is 122 Å². The Morgan fingerprint density at radius 2 is 1.85 bits per heavy atom. The highest BCUT2D eigenvalue weighted by Gasteiger charge is 2.19. The number of benzene rings is 1. The molecule has 1 aliphatic rings. The summed E-state index contributed by atoms with van der Waals surface area (Å²) in [4.78, 5) is 0. The van der Waals surface area contributed by atoms with Gasteiger partial charge in [-0.15, -0.1) is 0 Å². The monoisotopic (exact) mass is 277 g/mol. The van der Waals surface area contributed by atoms with Gasteiger partial charge >= 0.3 is 0 Å². The summed E-state index contributed by atoms with van der Waals surface area (Å²) in [7, 11) is 3.44. The number of unbranched alkanes of at least 4 members (excludes halogenated alkanes) is 3. The minimum atomic E-state index is 0.844. The van der Waals surface area contributed by atoms with E-state index in [-0.39, 0.29) is 0 Å². The lowest BCUT2D eigenvalue weighted by atomic mass is 10.0. The van der Waals surface area contributed by atoms with Crippen LogP contribution in [0.5, 0.6) is 11.5 Å². The summed E-state index contributed by atoms with van der Waals surface area (Å²) >= 11 is 0. The Kier molecular flexibility index (Phi) is 6.19. The van der Waals surface area contributed by atoms with Crippen LogP contribution in [0.1, 0.15) is 44.1 Å². The van der Waals surface area contributed by atoms with E-state index in [0.717, 1.165) is 24.0 Å². The first kappa shape index (κ1) is 15.2. The zero-order valence-electron chi connectivity index (χ0n) is 12.8. The molecule has 2 rings (SSSR count). The van der Waals surface area contributed by atoms with Crippen LogP contribution in [0.2, 0.25) is 0 Å². The van der Waals surface area contributed by atoms with Crippen LogP contribution >= 0.6 is 0 Å². The molecule has 0 amide bonds. The van der Waals surface area contributed by atoms with E-state index in [9.17, 15) is 0 Å². The van der Waals surface area contributed by atoms with Gasteiger partial charge in [-0.05, 0) is 62.4 Å². The zero-order chi connectivity index (χ0) is 14.2. The SMILES string of the molecule is COc1ccc(OC)c(CCCCCCNC2CC2)c1. The molecule has 1 fully saturated rings.